The average Bonchev–Trinajstić information content (AvgIpc) is 3.09. The Morgan fingerprint density at radius 1 is 1.09 bits per heavy atom. The van der Waals surface area contributed by atoms with E-state index < -0.39 is 0 Å². The maximum Gasteiger partial charge on any atom is 0.251 e. The van der Waals surface area contributed by atoms with Gasteiger partial charge in [0.05, 0.1) is 17.6 Å². The quantitative estimate of drug-likeness (QED) is 0.276. The van der Waals surface area contributed by atoms with E-state index in [-0.39, 0.29) is 11.4 Å². The Kier molecular flexibility index (Phi) is 8.09. The molecule has 3 N–H and O–H groups in total. The van der Waals surface area contributed by atoms with Crippen LogP contribution in [0.25, 0.3) is 11.0 Å². The van der Waals surface area contributed by atoms with E-state index in [0.717, 1.165) is 48.9 Å². The van der Waals surface area contributed by atoms with Crippen LogP contribution >= 0.6 is 0 Å². The first-order valence-electron chi connectivity index (χ1n) is 11.6. The van der Waals surface area contributed by atoms with Crippen molar-refractivity contribution >= 4 is 22.9 Å². The third-order valence-electron chi connectivity index (χ3n) is 5.14. The number of fused-ring (bicyclic) bond motifs is 1. The number of aryl methyl sites for hydroxylation is 2. The number of guanidine groups is 1. The number of nitrogens with one attached hydrogen (secondary N) is 3. The zero-order valence-electron chi connectivity index (χ0n) is 20.4. The number of carbonyl (C=O) groups excluding carboxylic acids is 1. The summed E-state index contributed by atoms with van der Waals surface area (Å²) in [7, 11) is 0. The Bertz CT molecular complexity index is 1110. The van der Waals surface area contributed by atoms with Crippen LogP contribution in [-0.4, -0.2) is 40.0 Å². The molecule has 0 fully saturated rings. The van der Waals surface area contributed by atoms with Crippen molar-refractivity contribution in [3.05, 3.63) is 65.5 Å². The van der Waals surface area contributed by atoms with E-state index in [1.807, 2.05) is 51.1 Å². The SMILES string of the molecule is CCNC(=NCc1cccc(C(=O)NC(C)(C)C)c1)NCCCn1c(C)nc2ccccc21. The maximum atomic E-state index is 12.5. The Morgan fingerprint density at radius 3 is 2.64 bits per heavy atom. The van der Waals surface area contributed by atoms with Crippen molar-refractivity contribution in [2.75, 3.05) is 13.1 Å². The van der Waals surface area contributed by atoms with E-state index in [0.29, 0.717) is 12.1 Å². The van der Waals surface area contributed by atoms with Crippen LogP contribution in [0.3, 0.4) is 0 Å². The predicted octanol–water partition coefficient (Wildman–Crippen LogP) is 4.02. The van der Waals surface area contributed by atoms with Gasteiger partial charge >= 0.3 is 0 Å². The highest BCUT2D eigenvalue weighted by atomic mass is 16.1. The van der Waals surface area contributed by atoms with E-state index in [9.17, 15) is 4.79 Å². The van der Waals surface area contributed by atoms with E-state index in [4.69, 9.17) is 4.99 Å². The molecule has 0 unspecified atom stereocenters. The number of aromatic nitrogens is 2. The molecule has 7 heteroatoms. The topological polar surface area (TPSA) is 83.3 Å². The Balaban J connectivity index is 1.57. The fourth-order valence-corrected chi connectivity index (χ4v) is 3.66. The van der Waals surface area contributed by atoms with Gasteiger partial charge in [0.15, 0.2) is 5.96 Å². The number of para-hydroxylation sites is 2. The van der Waals surface area contributed by atoms with Crippen LogP contribution in [-0.2, 0) is 13.1 Å². The summed E-state index contributed by atoms with van der Waals surface area (Å²) in [6.07, 6.45) is 0.952. The minimum absolute atomic E-state index is 0.0688. The third-order valence-corrected chi connectivity index (χ3v) is 5.14. The van der Waals surface area contributed by atoms with Crippen LogP contribution in [0.5, 0.6) is 0 Å². The number of hydrogen-bond donors (Lipinski definition) is 3. The number of hydrogen-bond acceptors (Lipinski definition) is 3. The summed E-state index contributed by atoms with van der Waals surface area (Å²) in [5, 5.41) is 9.71. The molecular formula is C26H36N6O. The van der Waals surface area contributed by atoms with Crippen molar-refractivity contribution in [2.24, 2.45) is 4.99 Å². The van der Waals surface area contributed by atoms with Crippen molar-refractivity contribution in [1.82, 2.24) is 25.5 Å². The maximum absolute atomic E-state index is 12.5. The first-order valence-corrected chi connectivity index (χ1v) is 11.6. The van der Waals surface area contributed by atoms with E-state index in [2.05, 4.69) is 57.5 Å². The van der Waals surface area contributed by atoms with Gasteiger partial charge in [0, 0.05) is 30.7 Å². The molecule has 0 saturated heterocycles. The molecule has 0 bridgehead atoms. The third kappa shape index (κ3) is 7.07. The van der Waals surface area contributed by atoms with Gasteiger partial charge in [-0.25, -0.2) is 9.98 Å². The highest BCUT2D eigenvalue weighted by Gasteiger charge is 2.15. The van der Waals surface area contributed by atoms with E-state index >= 15 is 0 Å². The number of rotatable bonds is 8. The smallest absolute Gasteiger partial charge is 0.251 e. The van der Waals surface area contributed by atoms with Gasteiger partial charge in [-0.1, -0.05) is 24.3 Å². The molecule has 2 aromatic carbocycles. The Hall–Kier alpha value is -3.35. The minimum Gasteiger partial charge on any atom is -0.357 e. The lowest BCUT2D eigenvalue weighted by Gasteiger charge is -2.20. The number of amides is 1. The molecule has 1 amide bonds. The summed E-state index contributed by atoms with van der Waals surface area (Å²) in [6.45, 7) is 13.0. The van der Waals surface area contributed by atoms with Gasteiger partial charge in [0.25, 0.3) is 5.91 Å². The predicted molar refractivity (Wildman–Crippen MR) is 136 cm³/mol. The summed E-state index contributed by atoms with van der Waals surface area (Å²) >= 11 is 0. The highest BCUT2D eigenvalue weighted by Crippen LogP contribution is 2.15. The number of imidazole rings is 1. The molecule has 3 aromatic rings. The molecule has 3 rings (SSSR count). The molecule has 0 radical (unpaired) electrons. The Labute approximate surface area is 196 Å². The number of aliphatic imine (C=N–C) groups is 1. The molecule has 0 spiro atoms. The van der Waals surface area contributed by atoms with Crippen LogP contribution in [0.2, 0.25) is 0 Å². The molecule has 7 nitrogen and oxygen atoms in total. The fraction of sp³-hybridized carbons (Fsp3) is 0.423. The first kappa shape index (κ1) is 24.3. The van der Waals surface area contributed by atoms with Crippen LogP contribution in [0.15, 0.2) is 53.5 Å². The van der Waals surface area contributed by atoms with Crippen molar-refractivity contribution < 1.29 is 4.79 Å². The van der Waals surface area contributed by atoms with E-state index in [1.54, 1.807) is 0 Å². The van der Waals surface area contributed by atoms with Gasteiger partial charge in [-0.3, -0.25) is 4.79 Å². The molecule has 0 aliphatic heterocycles. The molecule has 1 heterocycles. The summed E-state index contributed by atoms with van der Waals surface area (Å²) in [5.41, 5.74) is 3.59. The van der Waals surface area contributed by atoms with Gasteiger partial charge in [-0.05, 0) is 70.9 Å². The molecule has 33 heavy (non-hydrogen) atoms. The van der Waals surface area contributed by atoms with Crippen LogP contribution < -0.4 is 16.0 Å². The Morgan fingerprint density at radius 2 is 1.88 bits per heavy atom. The monoisotopic (exact) mass is 448 g/mol. The number of carbonyl (C=O) groups is 1. The largest absolute Gasteiger partial charge is 0.357 e. The molecule has 0 saturated carbocycles. The summed E-state index contributed by atoms with van der Waals surface area (Å²) < 4.78 is 2.26. The van der Waals surface area contributed by atoms with Crippen LogP contribution in [0.4, 0.5) is 0 Å². The van der Waals surface area contributed by atoms with Crippen LogP contribution in [0, 0.1) is 6.92 Å². The van der Waals surface area contributed by atoms with Gasteiger partial charge in [-0.2, -0.15) is 0 Å². The fourth-order valence-electron chi connectivity index (χ4n) is 3.66. The lowest BCUT2D eigenvalue weighted by molar-refractivity contribution is 0.0919. The molecule has 176 valence electrons. The lowest BCUT2D eigenvalue weighted by atomic mass is 10.1. The van der Waals surface area contributed by atoms with E-state index in [1.165, 1.54) is 5.52 Å². The molecular weight excluding hydrogens is 412 g/mol. The van der Waals surface area contributed by atoms with Gasteiger partial charge < -0.3 is 20.5 Å². The molecule has 0 aliphatic carbocycles. The number of benzene rings is 2. The zero-order chi connectivity index (χ0) is 23.8. The molecule has 1 aromatic heterocycles. The van der Waals surface area contributed by atoms with Gasteiger partial charge in [0.1, 0.15) is 5.82 Å². The van der Waals surface area contributed by atoms with Gasteiger partial charge in [0.2, 0.25) is 0 Å². The second kappa shape index (κ2) is 11.0. The van der Waals surface area contributed by atoms with Crippen molar-refractivity contribution in [3.63, 3.8) is 0 Å². The lowest BCUT2D eigenvalue weighted by Crippen LogP contribution is -2.40. The van der Waals surface area contributed by atoms with Crippen molar-refractivity contribution in [2.45, 2.75) is 59.7 Å². The first-order chi connectivity index (χ1) is 15.8. The van der Waals surface area contributed by atoms with Crippen molar-refractivity contribution in [3.8, 4) is 0 Å². The molecule has 0 atom stereocenters. The molecule has 0 aliphatic rings. The summed E-state index contributed by atoms with van der Waals surface area (Å²) in [5.74, 6) is 1.74. The van der Waals surface area contributed by atoms with Crippen LogP contribution in [0.1, 0.15) is 55.9 Å². The summed E-state index contributed by atoms with van der Waals surface area (Å²) in [6, 6.07) is 15.9. The second-order valence-corrected chi connectivity index (χ2v) is 9.18. The summed E-state index contributed by atoms with van der Waals surface area (Å²) in [4.78, 5) is 21.8. The minimum atomic E-state index is -0.269. The normalized spacial score (nSPS) is 12.1. The average molecular weight is 449 g/mol. The zero-order valence-corrected chi connectivity index (χ0v) is 20.4. The standard InChI is InChI=1S/C26H36N6O/c1-6-27-25(28-15-10-16-32-19(2)30-22-13-7-8-14-23(22)32)29-18-20-11-9-12-21(17-20)24(33)31-26(3,4)5/h7-9,11-14,17H,6,10,15-16,18H2,1-5H3,(H,31,33)(H2,27,28,29). The van der Waals surface area contributed by atoms with Crippen molar-refractivity contribution in [1.29, 1.82) is 0 Å². The second-order valence-electron chi connectivity index (χ2n) is 9.18. The number of nitrogens with zero attached hydrogens (tertiary/aromatic N) is 3. The highest BCUT2D eigenvalue weighted by molar-refractivity contribution is 5.94. The van der Waals surface area contributed by atoms with Gasteiger partial charge in [-0.15, -0.1) is 0 Å².